The van der Waals surface area contributed by atoms with Crippen molar-refractivity contribution < 1.29 is 17.6 Å². The molecule has 0 spiro atoms. The molecule has 0 unspecified atom stereocenters. The van der Waals surface area contributed by atoms with Crippen molar-refractivity contribution in [2.45, 2.75) is 32.0 Å². The zero-order valence-corrected chi connectivity index (χ0v) is 11.3. The van der Waals surface area contributed by atoms with Gasteiger partial charge < -0.3 is 5.32 Å². The molecule has 0 radical (unpaired) electrons. The van der Waals surface area contributed by atoms with Crippen molar-refractivity contribution in [1.29, 1.82) is 0 Å². The van der Waals surface area contributed by atoms with Gasteiger partial charge in [-0.05, 0) is 37.6 Å². The second-order valence-electron chi connectivity index (χ2n) is 4.98. The predicted octanol–water partition coefficient (Wildman–Crippen LogP) is 3.74. The lowest BCUT2D eigenvalue weighted by Gasteiger charge is -2.20. The number of anilines is 1. The van der Waals surface area contributed by atoms with Crippen molar-refractivity contribution in [3.63, 3.8) is 0 Å². The van der Waals surface area contributed by atoms with Gasteiger partial charge in [-0.2, -0.15) is 13.2 Å². The van der Waals surface area contributed by atoms with E-state index in [0.717, 1.165) is 25.2 Å². The topological polar surface area (TPSA) is 15.3 Å². The second kappa shape index (κ2) is 5.99. The van der Waals surface area contributed by atoms with Gasteiger partial charge in [0.15, 0.2) is 0 Å². The molecule has 1 fully saturated rings. The Morgan fingerprint density at radius 3 is 2.50 bits per heavy atom. The fourth-order valence-electron chi connectivity index (χ4n) is 2.21. The fourth-order valence-corrected chi connectivity index (χ4v) is 2.21. The van der Waals surface area contributed by atoms with E-state index >= 15 is 0 Å². The van der Waals surface area contributed by atoms with Crippen LogP contribution >= 0.6 is 0 Å². The molecule has 2 rings (SSSR count). The van der Waals surface area contributed by atoms with E-state index in [-0.39, 0.29) is 5.69 Å². The number of likely N-dealkylation sites (N-methyl/N-ethyl adjacent to an activating group) is 1. The van der Waals surface area contributed by atoms with E-state index in [9.17, 15) is 17.6 Å². The van der Waals surface area contributed by atoms with Crippen molar-refractivity contribution >= 4 is 5.69 Å². The Morgan fingerprint density at radius 1 is 1.30 bits per heavy atom. The molecule has 0 amide bonds. The largest absolute Gasteiger partial charge is 0.416 e. The van der Waals surface area contributed by atoms with E-state index in [1.54, 1.807) is 0 Å². The van der Waals surface area contributed by atoms with Crippen molar-refractivity contribution in [2.24, 2.45) is 0 Å². The van der Waals surface area contributed by atoms with Crippen molar-refractivity contribution in [2.75, 3.05) is 25.0 Å². The lowest BCUT2D eigenvalue weighted by molar-refractivity contribution is -0.137. The third-order valence-corrected chi connectivity index (χ3v) is 3.48. The van der Waals surface area contributed by atoms with Gasteiger partial charge in [0.05, 0.1) is 11.3 Å². The Bertz CT molecular complexity index is 455. The minimum absolute atomic E-state index is 0.116. The number of hydrogen-bond acceptors (Lipinski definition) is 2. The first-order valence-corrected chi connectivity index (χ1v) is 6.76. The van der Waals surface area contributed by atoms with Gasteiger partial charge in [0.25, 0.3) is 0 Å². The molecule has 112 valence electrons. The molecule has 0 bridgehead atoms. The molecular weight excluding hydrogens is 272 g/mol. The summed E-state index contributed by atoms with van der Waals surface area (Å²) in [4.78, 5) is 2.29. The summed E-state index contributed by atoms with van der Waals surface area (Å²) >= 11 is 0. The smallest absolute Gasteiger partial charge is 0.381 e. The van der Waals surface area contributed by atoms with E-state index in [2.05, 4.69) is 17.1 Å². The molecule has 0 aromatic heterocycles. The summed E-state index contributed by atoms with van der Waals surface area (Å²) in [5.74, 6) is -0.866. The van der Waals surface area contributed by atoms with Crippen LogP contribution in [0.3, 0.4) is 0 Å². The highest BCUT2D eigenvalue weighted by molar-refractivity contribution is 5.46. The van der Waals surface area contributed by atoms with Crippen molar-refractivity contribution in [3.05, 3.63) is 29.6 Å². The maximum Gasteiger partial charge on any atom is 0.416 e. The molecule has 1 aromatic rings. The average Bonchev–Trinajstić information content (AvgIpc) is 3.19. The average molecular weight is 290 g/mol. The first kappa shape index (κ1) is 15.1. The standard InChI is InChI=1S/C14H18F4N2/c1-2-20(11-4-5-11)8-7-19-13-6-3-10(9-12(13)15)14(16,17)18/h3,6,9,11,19H,2,4-5,7-8H2,1H3. The van der Waals surface area contributed by atoms with E-state index in [1.807, 2.05) is 0 Å². The van der Waals surface area contributed by atoms with Crippen LogP contribution in [0, 0.1) is 5.82 Å². The Morgan fingerprint density at radius 2 is 2.00 bits per heavy atom. The molecule has 6 heteroatoms. The second-order valence-corrected chi connectivity index (χ2v) is 4.98. The minimum atomic E-state index is -4.51. The fraction of sp³-hybridized carbons (Fsp3) is 0.571. The highest BCUT2D eigenvalue weighted by Crippen LogP contribution is 2.31. The summed E-state index contributed by atoms with van der Waals surface area (Å²) in [6.45, 7) is 4.28. The number of nitrogens with one attached hydrogen (secondary N) is 1. The number of alkyl halides is 3. The van der Waals surface area contributed by atoms with Crippen LogP contribution in [-0.4, -0.2) is 30.6 Å². The van der Waals surface area contributed by atoms with Crippen LogP contribution in [0.25, 0.3) is 0 Å². The lowest BCUT2D eigenvalue weighted by Crippen LogP contribution is -2.31. The molecule has 1 aliphatic rings. The zero-order valence-electron chi connectivity index (χ0n) is 11.3. The van der Waals surface area contributed by atoms with Gasteiger partial charge in [-0.3, -0.25) is 4.90 Å². The molecule has 2 nitrogen and oxygen atoms in total. The number of hydrogen-bond donors (Lipinski definition) is 1. The normalized spacial score (nSPS) is 15.7. The summed E-state index contributed by atoms with van der Waals surface area (Å²) in [5, 5.41) is 2.86. The minimum Gasteiger partial charge on any atom is -0.381 e. The molecular formula is C14H18F4N2. The molecule has 0 atom stereocenters. The van der Waals surface area contributed by atoms with Crippen LogP contribution in [0.15, 0.2) is 18.2 Å². The SMILES string of the molecule is CCN(CCNc1ccc(C(F)(F)F)cc1F)C1CC1. The number of halogens is 4. The number of rotatable bonds is 6. The molecule has 1 saturated carbocycles. The van der Waals surface area contributed by atoms with Crippen LogP contribution in [0.4, 0.5) is 23.2 Å². The maximum absolute atomic E-state index is 13.6. The third-order valence-electron chi connectivity index (χ3n) is 3.48. The van der Waals surface area contributed by atoms with Crippen LogP contribution in [0.2, 0.25) is 0 Å². The number of benzene rings is 1. The quantitative estimate of drug-likeness (QED) is 0.803. The Balaban J connectivity index is 1.89. The third kappa shape index (κ3) is 3.85. The van der Waals surface area contributed by atoms with Crippen molar-refractivity contribution in [3.8, 4) is 0 Å². The Kier molecular flexibility index (Phi) is 4.52. The zero-order chi connectivity index (χ0) is 14.8. The Labute approximate surface area is 115 Å². The van der Waals surface area contributed by atoms with E-state index in [1.165, 1.54) is 12.8 Å². The molecule has 20 heavy (non-hydrogen) atoms. The van der Waals surface area contributed by atoms with Gasteiger partial charge in [0.1, 0.15) is 5.82 Å². The monoisotopic (exact) mass is 290 g/mol. The van der Waals surface area contributed by atoms with Gasteiger partial charge in [0, 0.05) is 19.1 Å². The highest BCUT2D eigenvalue weighted by Gasteiger charge is 2.31. The van der Waals surface area contributed by atoms with Crippen LogP contribution in [-0.2, 0) is 6.18 Å². The molecule has 1 aliphatic carbocycles. The predicted molar refractivity (Wildman–Crippen MR) is 70.2 cm³/mol. The summed E-state index contributed by atoms with van der Waals surface area (Å²) in [6, 6.07) is 3.19. The summed E-state index contributed by atoms with van der Waals surface area (Å²) in [5.41, 5.74) is -0.849. The molecule has 1 N–H and O–H groups in total. The lowest BCUT2D eigenvalue weighted by atomic mass is 10.2. The van der Waals surface area contributed by atoms with Crippen LogP contribution < -0.4 is 5.32 Å². The maximum atomic E-state index is 13.6. The molecule has 0 heterocycles. The summed E-state index contributed by atoms with van der Waals surface area (Å²) in [7, 11) is 0. The van der Waals surface area contributed by atoms with Crippen LogP contribution in [0.5, 0.6) is 0 Å². The van der Waals surface area contributed by atoms with Crippen LogP contribution in [0.1, 0.15) is 25.3 Å². The first-order valence-electron chi connectivity index (χ1n) is 6.76. The molecule has 0 aliphatic heterocycles. The van der Waals surface area contributed by atoms with Gasteiger partial charge in [-0.15, -0.1) is 0 Å². The van der Waals surface area contributed by atoms with E-state index < -0.39 is 17.6 Å². The number of nitrogens with zero attached hydrogens (tertiary/aromatic N) is 1. The van der Waals surface area contributed by atoms with E-state index in [4.69, 9.17) is 0 Å². The van der Waals surface area contributed by atoms with Crippen molar-refractivity contribution in [1.82, 2.24) is 4.90 Å². The van der Waals surface area contributed by atoms with Gasteiger partial charge >= 0.3 is 6.18 Å². The highest BCUT2D eigenvalue weighted by atomic mass is 19.4. The summed E-state index contributed by atoms with van der Waals surface area (Å²) < 4.78 is 50.8. The summed E-state index contributed by atoms with van der Waals surface area (Å²) in [6.07, 6.45) is -2.12. The molecule has 1 aromatic carbocycles. The Hall–Kier alpha value is -1.30. The van der Waals surface area contributed by atoms with Gasteiger partial charge in [-0.25, -0.2) is 4.39 Å². The van der Waals surface area contributed by atoms with Gasteiger partial charge in [0.2, 0.25) is 0 Å². The van der Waals surface area contributed by atoms with Gasteiger partial charge in [-0.1, -0.05) is 6.92 Å². The molecule has 0 saturated heterocycles. The van der Waals surface area contributed by atoms with E-state index in [0.29, 0.717) is 18.7 Å². The first-order chi connectivity index (χ1) is 9.41.